The van der Waals surface area contributed by atoms with Gasteiger partial charge in [0.05, 0.1) is 26.9 Å². The smallest absolute Gasteiger partial charge is 0.203 e. The maximum atomic E-state index is 12.9. The van der Waals surface area contributed by atoms with E-state index in [1.165, 1.54) is 0 Å². The molecule has 3 aromatic rings. The van der Waals surface area contributed by atoms with Gasteiger partial charge in [-0.1, -0.05) is 49.4 Å². The summed E-state index contributed by atoms with van der Waals surface area (Å²) < 4.78 is 22.4. The predicted octanol–water partition coefficient (Wildman–Crippen LogP) is 5.55. The van der Waals surface area contributed by atoms with Crippen LogP contribution in [0.25, 0.3) is 11.1 Å². The van der Waals surface area contributed by atoms with Crippen LogP contribution in [0.4, 0.5) is 0 Å². The van der Waals surface area contributed by atoms with Crippen LogP contribution >= 0.6 is 0 Å². The van der Waals surface area contributed by atoms with Gasteiger partial charge in [0, 0.05) is 6.42 Å². The number of benzene rings is 3. The van der Waals surface area contributed by atoms with Gasteiger partial charge in [0.2, 0.25) is 5.75 Å². The van der Waals surface area contributed by atoms with Gasteiger partial charge < -0.3 is 18.9 Å². The fourth-order valence-corrected chi connectivity index (χ4v) is 3.33. The molecule has 5 heteroatoms. The number of hydrogen-bond acceptors (Lipinski definition) is 5. The Morgan fingerprint density at radius 3 is 2.03 bits per heavy atom. The molecule has 0 radical (unpaired) electrons. The average molecular weight is 406 g/mol. The molecule has 0 bridgehead atoms. The van der Waals surface area contributed by atoms with Gasteiger partial charge in [0.1, 0.15) is 12.4 Å². The van der Waals surface area contributed by atoms with Crippen LogP contribution in [0.1, 0.15) is 29.3 Å². The highest BCUT2D eigenvalue weighted by atomic mass is 16.5. The minimum absolute atomic E-state index is 0.00223. The van der Waals surface area contributed by atoms with Gasteiger partial charge in [-0.3, -0.25) is 4.79 Å². The fourth-order valence-electron chi connectivity index (χ4n) is 3.33. The van der Waals surface area contributed by atoms with E-state index in [0.717, 1.165) is 16.7 Å². The molecule has 0 atom stereocenters. The van der Waals surface area contributed by atoms with Crippen molar-refractivity contribution in [2.24, 2.45) is 0 Å². The van der Waals surface area contributed by atoms with Crippen molar-refractivity contribution in [3.05, 3.63) is 71.8 Å². The van der Waals surface area contributed by atoms with Gasteiger partial charge in [-0.15, -0.1) is 0 Å². The number of ether oxygens (including phenoxy) is 4. The van der Waals surface area contributed by atoms with E-state index in [1.54, 1.807) is 21.3 Å². The molecule has 0 saturated heterocycles. The summed E-state index contributed by atoms with van der Waals surface area (Å²) in [5.74, 6) is 2.11. The van der Waals surface area contributed by atoms with Gasteiger partial charge >= 0.3 is 0 Å². The van der Waals surface area contributed by atoms with E-state index < -0.39 is 0 Å². The number of ketones is 1. The second-order valence-corrected chi connectivity index (χ2v) is 6.64. The zero-order valence-electron chi connectivity index (χ0n) is 17.7. The Morgan fingerprint density at radius 2 is 1.47 bits per heavy atom. The molecule has 0 fully saturated rings. The zero-order chi connectivity index (χ0) is 21.5. The first-order chi connectivity index (χ1) is 14.6. The minimum Gasteiger partial charge on any atom is -0.493 e. The molecule has 0 saturated carbocycles. The molecule has 0 amide bonds. The van der Waals surface area contributed by atoms with Crippen LogP contribution in [0, 0.1) is 0 Å². The van der Waals surface area contributed by atoms with Crippen LogP contribution in [0.3, 0.4) is 0 Å². The Hall–Kier alpha value is -3.47. The van der Waals surface area contributed by atoms with E-state index in [2.05, 4.69) is 0 Å². The van der Waals surface area contributed by atoms with Crippen molar-refractivity contribution in [1.29, 1.82) is 0 Å². The first-order valence-corrected chi connectivity index (χ1v) is 9.76. The summed E-state index contributed by atoms with van der Waals surface area (Å²) in [7, 11) is 4.70. The molecule has 0 aromatic heterocycles. The lowest BCUT2D eigenvalue weighted by Gasteiger charge is -2.18. The summed E-state index contributed by atoms with van der Waals surface area (Å²) in [6.07, 6.45) is 0.364. The summed E-state index contributed by atoms with van der Waals surface area (Å²) in [6.45, 7) is 2.22. The van der Waals surface area contributed by atoms with Crippen LogP contribution in [-0.4, -0.2) is 27.1 Å². The summed E-state index contributed by atoms with van der Waals surface area (Å²) in [5.41, 5.74) is 3.12. The molecule has 0 aliphatic rings. The monoisotopic (exact) mass is 406 g/mol. The summed E-state index contributed by atoms with van der Waals surface area (Å²) in [6, 6.07) is 19.1. The third-order valence-electron chi connectivity index (χ3n) is 4.84. The van der Waals surface area contributed by atoms with E-state index in [9.17, 15) is 4.79 Å². The lowest BCUT2D eigenvalue weighted by Crippen LogP contribution is -2.06. The van der Waals surface area contributed by atoms with E-state index in [-0.39, 0.29) is 5.78 Å². The Kier molecular flexibility index (Phi) is 6.96. The van der Waals surface area contributed by atoms with Crippen molar-refractivity contribution >= 4 is 5.78 Å². The number of rotatable bonds is 9. The number of carbonyl (C=O) groups excluding carboxylic acids is 1. The molecule has 0 aliphatic heterocycles. The second-order valence-electron chi connectivity index (χ2n) is 6.64. The van der Waals surface area contributed by atoms with Crippen molar-refractivity contribution in [2.75, 3.05) is 21.3 Å². The number of hydrogen-bond donors (Lipinski definition) is 0. The summed E-state index contributed by atoms with van der Waals surface area (Å²) in [5, 5.41) is 0. The lowest BCUT2D eigenvalue weighted by molar-refractivity contribution is 0.0984. The number of Topliss-reactive ketones (excluding diaryl/α,β-unsaturated/α-hetero) is 1. The van der Waals surface area contributed by atoms with Crippen LogP contribution in [0.15, 0.2) is 60.7 Å². The minimum atomic E-state index is 0.00223. The molecule has 3 aromatic carbocycles. The third-order valence-corrected chi connectivity index (χ3v) is 4.84. The average Bonchev–Trinajstić information content (AvgIpc) is 2.81. The first kappa shape index (κ1) is 21.2. The van der Waals surface area contributed by atoms with E-state index >= 15 is 0 Å². The lowest BCUT2D eigenvalue weighted by atomic mass is 9.94. The van der Waals surface area contributed by atoms with Gasteiger partial charge in [0.15, 0.2) is 17.3 Å². The van der Waals surface area contributed by atoms with Crippen LogP contribution in [0.2, 0.25) is 0 Å². The molecule has 156 valence electrons. The number of methoxy groups -OCH3 is 3. The third kappa shape index (κ3) is 4.40. The molecule has 0 N–H and O–H groups in total. The van der Waals surface area contributed by atoms with Crippen molar-refractivity contribution in [3.63, 3.8) is 0 Å². The van der Waals surface area contributed by atoms with Crippen LogP contribution in [-0.2, 0) is 6.61 Å². The zero-order valence-corrected chi connectivity index (χ0v) is 17.7. The van der Waals surface area contributed by atoms with Crippen LogP contribution in [0.5, 0.6) is 23.0 Å². The molecule has 0 heterocycles. The molecule has 0 unspecified atom stereocenters. The van der Waals surface area contributed by atoms with Crippen molar-refractivity contribution < 1.29 is 23.7 Å². The van der Waals surface area contributed by atoms with Gasteiger partial charge in [-0.05, 0) is 34.9 Å². The maximum absolute atomic E-state index is 12.9. The van der Waals surface area contributed by atoms with Gasteiger partial charge in [-0.2, -0.15) is 0 Å². The first-order valence-electron chi connectivity index (χ1n) is 9.76. The van der Waals surface area contributed by atoms with E-state index in [4.69, 9.17) is 18.9 Å². The molecular weight excluding hydrogens is 380 g/mol. The summed E-state index contributed by atoms with van der Waals surface area (Å²) in [4.78, 5) is 12.9. The molecule has 3 rings (SSSR count). The second kappa shape index (κ2) is 9.83. The highest BCUT2D eigenvalue weighted by molar-refractivity contribution is 6.05. The molecule has 0 aliphatic carbocycles. The summed E-state index contributed by atoms with van der Waals surface area (Å²) >= 11 is 0. The Labute approximate surface area is 177 Å². The Morgan fingerprint density at radius 1 is 0.800 bits per heavy atom. The molecule has 5 nitrogen and oxygen atoms in total. The van der Waals surface area contributed by atoms with Crippen LogP contribution < -0.4 is 18.9 Å². The Bertz CT molecular complexity index is 986. The SMILES string of the molecule is CCC(=O)c1c(OCc2ccccc2)cccc1-c1cc(OC)c(OC)c(OC)c1. The number of carbonyl (C=O) groups is 1. The van der Waals surface area contributed by atoms with Crippen molar-refractivity contribution in [2.45, 2.75) is 20.0 Å². The van der Waals surface area contributed by atoms with Crippen molar-refractivity contribution in [3.8, 4) is 34.1 Å². The molecule has 0 spiro atoms. The van der Waals surface area contributed by atoms with E-state index in [1.807, 2.05) is 67.6 Å². The van der Waals surface area contributed by atoms with Gasteiger partial charge in [-0.25, -0.2) is 0 Å². The Balaban J connectivity index is 2.10. The van der Waals surface area contributed by atoms with Crippen molar-refractivity contribution in [1.82, 2.24) is 0 Å². The van der Waals surface area contributed by atoms with E-state index in [0.29, 0.717) is 41.6 Å². The highest BCUT2D eigenvalue weighted by Gasteiger charge is 2.21. The largest absolute Gasteiger partial charge is 0.493 e. The fraction of sp³-hybridized carbons (Fsp3) is 0.240. The normalized spacial score (nSPS) is 10.4. The molecule has 30 heavy (non-hydrogen) atoms. The predicted molar refractivity (Wildman–Crippen MR) is 117 cm³/mol. The maximum Gasteiger partial charge on any atom is 0.203 e. The molecular formula is C25H26O5. The topological polar surface area (TPSA) is 54.0 Å². The quantitative estimate of drug-likeness (QED) is 0.436. The highest BCUT2D eigenvalue weighted by Crippen LogP contribution is 2.43. The van der Waals surface area contributed by atoms with Gasteiger partial charge in [0.25, 0.3) is 0 Å². The standard InChI is InChI=1S/C25H26O5/c1-5-20(26)24-19(18-14-22(27-2)25(29-4)23(15-18)28-3)12-9-13-21(24)30-16-17-10-7-6-8-11-17/h6-15H,5,16H2,1-4H3.